The second kappa shape index (κ2) is 8.03. The van der Waals surface area contributed by atoms with Crippen LogP contribution >= 0.6 is 0 Å². The van der Waals surface area contributed by atoms with E-state index in [9.17, 15) is 0 Å². The minimum Gasteiger partial charge on any atom is -0.353 e. The van der Waals surface area contributed by atoms with Crippen molar-refractivity contribution < 1.29 is 0 Å². The molecule has 1 N–H and O–H groups in total. The molecular weight excluding hydrogens is 336 g/mol. The van der Waals surface area contributed by atoms with E-state index in [0.717, 1.165) is 48.9 Å². The minimum atomic E-state index is 0.710. The van der Waals surface area contributed by atoms with Gasteiger partial charge in [-0.3, -0.25) is 9.98 Å². The molecule has 4 rings (SSSR count). The van der Waals surface area contributed by atoms with Crippen LogP contribution in [-0.4, -0.2) is 54.1 Å². The van der Waals surface area contributed by atoms with Crippen molar-refractivity contribution >= 4 is 22.7 Å². The van der Waals surface area contributed by atoms with Gasteiger partial charge in [-0.15, -0.1) is 0 Å². The molecule has 138 valence electrons. The lowest BCUT2D eigenvalue weighted by atomic mass is 10.1. The van der Waals surface area contributed by atoms with Crippen molar-refractivity contribution in [2.75, 3.05) is 38.1 Å². The third kappa shape index (κ3) is 3.84. The number of aromatic nitrogens is 2. The van der Waals surface area contributed by atoms with Gasteiger partial charge < -0.3 is 15.1 Å². The molecule has 6 heteroatoms. The Hall–Kier alpha value is -3.15. The lowest BCUT2D eigenvalue weighted by Gasteiger charge is -2.37. The van der Waals surface area contributed by atoms with Gasteiger partial charge in [0.25, 0.3) is 0 Å². The maximum Gasteiger partial charge on any atom is 0.194 e. The van der Waals surface area contributed by atoms with Crippen molar-refractivity contribution in [1.29, 1.82) is 0 Å². The van der Waals surface area contributed by atoms with Gasteiger partial charge in [0.05, 0.1) is 5.52 Å². The van der Waals surface area contributed by atoms with E-state index in [-0.39, 0.29) is 0 Å². The van der Waals surface area contributed by atoms with Gasteiger partial charge in [-0.05, 0) is 23.8 Å². The first-order valence-electron chi connectivity index (χ1n) is 9.29. The van der Waals surface area contributed by atoms with E-state index < -0.39 is 0 Å². The zero-order chi connectivity index (χ0) is 18.5. The third-order valence-corrected chi connectivity index (χ3v) is 4.92. The van der Waals surface area contributed by atoms with Gasteiger partial charge in [-0.2, -0.15) is 0 Å². The van der Waals surface area contributed by atoms with E-state index in [1.165, 1.54) is 5.56 Å². The van der Waals surface area contributed by atoms with Gasteiger partial charge >= 0.3 is 0 Å². The molecule has 1 aromatic carbocycles. The highest BCUT2D eigenvalue weighted by atomic mass is 15.4. The maximum absolute atomic E-state index is 4.53. The van der Waals surface area contributed by atoms with Gasteiger partial charge in [0.2, 0.25) is 0 Å². The van der Waals surface area contributed by atoms with Crippen LogP contribution in [0.5, 0.6) is 0 Å². The van der Waals surface area contributed by atoms with Crippen LogP contribution in [0.15, 0.2) is 65.9 Å². The molecule has 1 fully saturated rings. The van der Waals surface area contributed by atoms with Crippen molar-refractivity contribution in [3.8, 4) is 0 Å². The standard InChI is InChI=1S/C21H24N6/c1-22-21(25-16-18-7-4-6-17-8-5-11-24-20(17)18)27-14-12-26(13-15-27)19-9-2-3-10-23-19/h2-11H,12-16H2,1H3,(H,22,25). The Labute approximate surface area is 159 Å². The third-order valence-electron chi connectivity index (χ3n) is 4.92. The Morgan fingerprint density at radius 2 is 1.78 bits per heavy atom. The average molecular weight is 360 g/mol. The lowest BCUT2D eigenvalue weighted by molar-refractivity contribution is 0.371. The van der Waals surface area contributed by atoms with E-state index in [0.29, 0.717) is 6.54 Å². The van der Waals surface area contributed by atoms with E-state index in [4.69, 9.17) is 0 Å². The summed E-state index contributed by atoms with van der Waals surface area (Å²) in [6.45, 7) is 4.43. The van der Waals surface area contributed by atoms with Gasteiger partial charge in [0.1, 0.15) is 5.82 Å². The van der Waals surface area contributed by atoms with Crippen molar-refractivity contribution in [1.82, 2.24) is 20.2 Å². The summed E-state index contributed by atoms with van der Waals surface area (Å²) in [5.41, 5.74) is 2.23. The monoisotopic (exact) mass is 360 g/mol. The molecule has 3 heterocycles. The number of para-hydroxylation sites is 1. The number of hydrogen-bond acceptors (Lipinski definition) is 4. The zero-order valence-corrected chi connectivity index (χ0v) is 15.5. The Kier molecular flexibility index (Phi) is 5.14. The van der Waals surface area contributed by atoms with Crippen LogP contribution in [0.3, 0.4) is 0 Å². The highest BCUT2D eigenvalue weighted by molar-refractivity contribution is 5.83. The Morgan fingerprint density at radius 1 is 0.963 bits per heavy atom. The van der Waals surface area contributed by atoms with Crippen LogP contribution < -0.4 is 10.2 Å². The summed E-state index contributed by atoms with van der Waals surface area (Å²) in [5.74, 6) is 1.98. The summed E-state index contributed by atoms with van der Waals surface area (Å²) in [4.78, 5) is 18.1. The number of benzene rings is 1. The molecule has 1 aliphatic heterocycles. The predicted octanol–water partition coefficient (Wildman–Crippen LogP) is 2.53. The van der Waals surface area contributed by atoms with E-state index in [1.807, 2.05) is 37.6 Å². The number of hydrogen-bond donors (Lipinski definition) is 1. The quantitative estimate of drug-likeness (QED) is 0.575. The summed E-state index contributed by atoms with van der Waals surface area (Å²) in [6.07, 6.45) is 3.69. The summed E-state index contributed by atoms with van der Waals surface area (Å²) < 4.78 is 0. The molecule has 6 nitrogen and oxygen atoms in total. The van der Waals surface area contributed by atoms with Gasteiger partial charge in [-0.1, -0.05) is 30.3 Å². The number of anilines is 1. The van der Waals surface area contributed by atoms with Crippen LogP contribution in [0.4, 0.5) is 5.82 Å². The molecule has 2 aromatic heterocycles. The van der Waals surface area contributed by atoms with Crippen LogP contribution in [0.25, 0.3) is 10.9 Å². The molecule has 1 aliphatic rings. The fourth-order valence-corrected chi connectivity index (χ4v) is 3.50. The fraction of sp³-hybridized carbons (Fsp3) is 0.286. The highest BCUT2D eigenvalue weighted by Gasteiger charge is 2.20. The SMILES string of the molecule is CN=C(NCc1cccc2cccnc12)N1CCN(c2ccccn2)CC1. The number of aliphatic imine (C=N–C) groups is 1. The molecule has 1 saturated heterocycles. The average Bonchev–Trinajstić information content (AvgIpc) is 2.75. The van der Waals surface area contributed by atoms with Crippen molar-refractivity contribution in [2.24, 2.45) is 4.99 Å². The Balaban J connectivity index is 1.39. The molecular formula is C21H24N6. The molecule has 0 unspecified atom stereocenters. The summed E-state index contributed by atoms with van der Waals surface area (Å²) in [5, 5.41) is 4.67. The molecule has 0 spiro atoms. The first-order chi connectivity index (χ1) is 13.3. The molecule has 27 heavy (non-hydrogen) atoms. The summed E-state index contributed by atoms with van der Waals surface area (Å²) in [6, 6.07) is 16.4. The molecule has 0 aliphatic carbocycles. The number of pyridine rings is 2. The number of rotatable bonds is 3. The molecule has 0 radical (unpaired) electrons. The lowest BCUT2D eigenvalue weighted by Crippen LogP contribution is -2.52. The molecule has 0 amide bonds. The largest absolute Gasteiger partial charge is 0.353 e. The van der Waals surface area contributed by atoms with Crippen LogP contribution in [0, 0.1) is 0 Å². The van der Waals surface area contributed by atoms with E-state index >= 15 is 0 Å². The summed E-state index contributed by atoms with van der Waals surface area (Å²) >= 11 is 0. The molecule has 0 atom stereocenters. The minimum absolute atomic E-state index is 0.710. The summed E-state index contributed by atoms with van der Waals surface area (Å²) in [7, 11) is 1.84. The smallest absolute Gasteiger partial charge is 0.194 e. The molecule has 0 bridgehead atoms. The number of nitrogens with zero attached hydrogens (tertiary/aromatic N) is 5. The number of fused-ring (bicyclic) bond motifs is 1. The van der Waals surface area contributed by atoms with Gasteiger partial charge in [0.15, 0.2) is 5.96 Å². The predicted molar refractivity (Wildman–Crippen MR) is 110 cm³/mol. The normalized spacial score (nSPS) is 15.2. The maximum atomic E-state index is 4.53. The fourth-order valence-electron chi connectivity index (χ4n) is 3.50. The van der Waals surface area contributed by atoms with Crippen LogP contribution in [-0.2, 0) is 6.54 Å². The Morgan fingerprint density at radius 3 is 2.56 bits per heavy atom. The van der Waals surface area contributed by atoms with Gasteiger partial charge in [0, 0.05) is 57.6 Å². The first kappa shape index (κ1) is 17.3. The number of piperazine rings is 1. The van der Waals surface area contributed by atoms with Crippen molar-refractivity contribution in [3.63, 3.8) is 0 Å². The number of nitrogens with one attached hydrogen (secondary N) is 1. The zero-order valence-electron chi connectivity index (χ0n) is 15.5. The second-order valence-corrected chi connectivity index (χ2v) is 6.56. The van der Waals surface area contributed by atoms with Gasteiger partial charge in [-0.25, -0.2) is 4.98 Å². The number of guanidine groups is 1. The van der Waals surface area contributed by atoms with Crippen molar-refractivity contribution in [3.05, 3.63) is 66.5 Å². The van der Waals surface area contributed by atoms with Crippen LogP contribution in [0.2, 0.25) is 0 Å². The first-order valence-corrected chi connectivity index (χ1v) is 9.29. The topological polar surface area (TPSA) is 56.7 Å². The Bertz CT molecular complexity index is 911. The van der Waals surface area contributed by atoms with Crippen LogP contribution in [0.1, 0.15) is 5.56 Å². The van der Waals surface area contributed by atoms with Crippen molar-refractivity contribution in [2.45, 2.75) is 6.54 Å². The molecule has 0 saturated carbocycles. The highest BCUT2D eigenvalue weighted by Crippen LogP contribution is 2.16. The van der Waals surface area contributed by atoms with E-state index in [1.54, 1.807) is 0 Å². The van der Waals surface area contributed by atoms with E-state index in [2.05, 4.69) is 60.4 Å². The molecule has 3 aromatic rings. The second-order valence-electron chi connectivity index (χ2n) is 6.56.